The summed E-state index contributed by atoms with van der Waals surface area (Å²) in [6.07, 6.45) is -3.07. The molecule has 1 aliphatic rings. The number of benzene rings is 1. The standard InChI is InChI=1S/C13H15NO2/c1-2-13(10-6-4-3-5-7-10)9-8-11(15)14-12(13)16/h3-7H,2,8-9H2,1H3,(H,14,15,16)/i1D3,2D2. The Kier molecular flexibility index (Phi) is 1.58. The SMILES string of the molecule is [2H]C([2H])([2H])C([2H])([2H])C1(c2ccccc2)CCC(=O)NC1=O. The number of hydrogen-bond acceptors (Lipinski definition) is 2. The van der Waals surface area contributed by atoms with Gasteiger partial charge in [-0.1, -0.05) is 37.2 Å². The molecule has 1 fully saturated rings. The molecule has 0 radical (unpaired) electrons. The van der Waals surface area contributed by atoms with Gasteiger partial charge in [0.2, 0.25) is 11.8 Å². The first-order chi connectivity index (χ1) is 9.63. The zero-order valence-electron chi connectivity index (χ0n) is 13.6. The molecule has 1 aliphatic heterocycles. The normalized spacial score (nSPS) is 31.6. The van der Waals surface area contributed by atoms with Gasteiger partial charge in [0.05, 0.1) is 5.41 Å². The van der Waals surface area contributed by atoms with Crippen LogP contribution in [0, 0.1) is 0 Å². The number of piperidine rings is 1. The zero-order chi connectivity index (χ0) is 15.9. The molecule has 1 unspecified atom stereocenters. The summed E-state index contributed by atoms with van der Waals surface area (Å²) in [5, 5.41) is 2.08. The summed E-state index contributed by atoms with van der Waals surface area (Å²) in [6.45, 7) is -3.00. The number of hydrogen-bond donors (Lipinski definition) is 1. The summed E-state index contributed by atoms with van der Waals surface area (Å²) in [5.41, 5.74) is -1.65. The molecule has 0 saturated carbocycles. The van der Waals surface area contributed by atoms with Gasteiger partial charge in [0.25, 0.3) is 0 Å². The van der Waals surface area contributed by atoms with Crippen molar-refractivity contribution in [3.8, 4) is 0 Å². The van der Waals surface area contributed by atoms with E-state index in [-0.39, 0.29) is 18.4 Å². The third-order valence-corrected chi connectivity index (χ3v) is 2.85. The van der Waals surface area contributed by atoms with Gasteiger partial charge in [-0.15, -0.1) is 0 Å². The van der Waals surface area contributed by atoms with Crippen LogP contribution in [0.3, 0.4) is 0 Å². The zero-order valence-corrected chi connectivity index (χ0v) is 8.62. The Balaban J connectivity index is 2.67. The van der Waals surface area contributed by atoms with Gasteiger partial charge in [0, 0.05) is 13.3 Å². The Hall–Kier alpha value is -1.64. The molecule has 0 aromatic heterocycles. The second kappa shape index (κ2) is 4.08. The molecule has 84 valence electrons. The number of rotatable bonds is 2. The minimum absolute atomic E-state index is 0.101. The molecule has 2 amide bonds. The summed E-state index contributed by atoms with van der Waals surface area (Å²) in [5.74, 6) is -1.42. The van der Waals surface area contributed by atoms with Crippen LogP contribution >= 0.6 is 0 Å². The van der Waals surface area contributed by atoms with Gasteiger partial charge in [0.1, 0.15) is 0 Å². The van der Waals surface area contributed by atoms with Crippen molar-refractivity contribution >= 4 is 11.8 Å². The maximum atomic E-state index is 12.4. The highest BCUT2D eigenvalue weighted by Crippen LogP contribution is 2.35. The van der Waals surface area contributed by atoms with Crippen molar-refractivity contribution in [2.24, 2.45) is 0 Å². The van der Waals surface area contributed by atoms with Gasteiger partial charge in [-0.05, 0) is 18.4 Å². The first-order valence-corrected chi connectivity index (χ1v) is 5.03. The average molecular weight is 222 g/mol. The van der Waals surface area contributed by atoms with E-state index in [1.54, 1.807) is 18.2 Å². The molecule has 1 aromatic rings. The number of carbonyl (C=O) groups is 2. The third kappa shape index (κ3) is 1.62. The van der Waals surface area contributed by atoms with Crippen LogP contribution in [0.15, 0.2) is 30.3 Å². The van der Waals surface area contributed by atoms with E-state index in [1.165, 1.54) is 12.1 Å². The Labute approximate surface area is 102 Å². The molecule has 0 aliphatic carbocycles. The summed E-state index contributed by atoms with van der Waals surface area (Å²) < 4.78 is 38.6. The Bertz CT molecular complexity index is 570. The predicted octanol–water partition coefficient (Wildman–Crippen LogP) is 1.77. The van der Waals surface area contributed by atoms with Gasteiger partial charge in [-0.3, -0.25) is 14.9 Å². The Morgan fingerprint density at radius 3 is 2.81 bits per heavy atom. The van der Waals surface area contributed by atoms with Gasteiger partial charge in [-0.25, -0.2) is 0 Å². The maximum Gasteiger partial charge on any atom is 0.237 e. The molecule has 1 atom stereocenters. The Morgan fingerprint density at radius 1 is 1.44 bits per heavy atom. The third-order valence-electron chi connectivity index (χ3n) is 2.85. The predicted molar refractivity (Wildman–Crippen MR) is 60.8 cm³/mol. The molecule has 0 spiro atoms. The van der Waals surface area contributed by atoms with E-state index >= 15 is 0 Å². The highest BCUT2D eigenvalue weighted by atomic mass is 16.2. The molecule has 16 heavy (non-hydrogen) atoms. The van der Waals surface area contributed by atoms with Crippen LogP contribution in [0.4, 0.5) is 0 Å². The van der Waals surface area contributed by atoms with Crippen LogP contribution in [0.5, 0.6) is 0 Å². The summed E-state index contributed by atoms with van der Waals surface area (Å²) in [6, 6.07) is 7.93. The monoisotopic (exact) mass is 222 g/mol. The van der Waals surface area contributed by atoms with Crippen molar-refractivity contribution in [2.75, 3.05) is 0 Å². The first-order valence-electron chi connectivity index (χ1n) is 7.53. The lowest BCUT2D eigenvalue weighted by Crippen LogP contribution is -2.51. The molecule has 1 heterocycles. The highest BCUT2D eigenvalue weighted by molar-refractivity contribution is 6.03. The molecule has 2 rings (SSSR count). The van der Waals surface area contributed by atoms with Crippen molar-refractivity contribution in [1.29, 1.82) is 0 Å². The molecule has 1 aromatic carbocycles. The van der Waals surface area contributed by atoms with Crippen molar-refractivity contribution in [2.45, 2.75) is 31.5 Å². The molecule has 3 heteroatoms. The van der Waals surface area contributed by atoms with Crippen molar-refractivity contribution in [3.05, 3.63) is 35.9 Å². The fraction of sp³-hybridized carbons (Fsp3) is 0.385. The van der Waals surface area contributed by atoms with E-state index in [9.17, 15) is 9.59 Å². The van der Waals surface area contributed by atoms with Crippen molar-refractivity contribution < 1.29 is 16.4 Å². The van der Waals surface area contributed by atoms with E-state index < -0.39 is 30.5 Å². The van der Waals surface area contributed by atoms with E-state index in [1.807, 2.05) is 0 Å². The Morgan fingerprint density at radius 2 is 2.19 bits per heavy atom. The van der Waals surface area contributed by atoms with Gasteiger partial charge in [0.15, 0.2) is 0 Å². The van der Waals surface area contributed by atoms with Crippen LogP contribution in [0.1, 0.15) is 38.5 Å². The largest absolute Gasteiger partial charge is 0.296 e. The van der Waals surface area contributed by atoms with Crippen LogP contribution in [0.2, 0.25) is 0 Å². The lowest BCUT2D eigenvalue weighted by molar-refractivity contribution is -0.138. The molecular formula is C13H15NO2. The minimum Gasteiger partial charge on any atom is -0.296 e. The van der Waals surface area contributed by atoms with E-state index in [0.29, 0.717) is 0 Å². The quantitative estimate of drug-likeness (QED) is 0.775. The second-order valence-corrected chi connectivity index (χ2v) is 3.77. The summed E-state index contributed by atoms with van der Waals surface area (Å²) in [7, 11) is 0. The maximum absolute atomic E-state index is 12.4. The van der Waals surface area contributed by atoms with Gasteiger partial charge < -0.3 is 0 Å². The van der Waals surface area contributed by atoms with Gasteiger partial charge in [-0.2, -0.15) is 0 Å². The fourth-order valence-electron chi connectivity index (χ4n) is 1.90. The number of amides is 2. The molecule has 0 bridgehead atoms. The van der Waals surface area contributed by atoms with Gasteiger partial charge >= 0.3 is 0 Å². The van der Waals surface area contributed by atoms with E-state index in [4.69, 9.17) is 6.85 Å². The number of imide groups is 1. The summed E-state index contributed by atoms with van der Waals surface area (Å²) >= 11 is 0. The fourth-order valence-corrected chi connectivity index (χ4v) is 1.90. The van der Waals surface area contributed by atoms with E-state index in [0.717, 1.165) is 0 Å². The van der Waals surface area contributed by atoms with Crippen LogP contribution in [-0.2, 0) is 15.0 Å². The smallest absolute Gasteiger partial charge is 0.237 e. The first kappa shape index (κ1) is 6.18. The lowest BCUT2D eigenvalue weighted by atomic mass is 9.72. The van der Waals surface area contributed by atoms with Crippen molar-refractivity contribution in [1.82, 2.24) is 5.32 Å². The number of carbonyl (C=O) groups excluding carboxylic acids is 2. The number of nitrogens with one attached hydrogen (secondary N) is 1. The molecular weight excluding hydrogens is 202 g/mol. The highest BCUT2D eigenvalue weighted by Gasteiger charge is 2.42. The van der Waals surface area contributed by atoms with Crippen molar-refractivity contribution in [3.63, 3.8) is 0 Å². The summed E-state index contributed by atoms with van der Waals surface area (Å²) in [4.78, 5) is 23.8. The second-order valence-electron chi connectivity index (χ2n) is 3.77. The molecule has 1 saturated heterocycles. The van der Waals surface area contributed by atoms with E-state index in [2.05, 4.69) is 5.32 Å². The molecule has 1 N–H and O–H groups in total. The topological polar surface area (TPSA) is 46.2 Å². The molecule has 3 nitrogen and oxygen atoms in total. The van der Waals surface area contributed by atoms with Crippen LogP contribution in [0.25, 0.3) is 0 Å². The lowest BCUT2D eigenvalue weighted by Gasteiger charge is -2.34. The average Bonchev–Trinajstić information content (AvgIpc) is 2.38. The van der Waals surface area contributed by atoms with Crippen LogP contribution < -0.4 is 5.32 Å². The minimum atomic E-state index is -3.00. The van der Waals surface area contributed by atoms with Crippen LogP contribution in [-0.4, -0.2) is 11.8 Å².